The summed E-state index contributed by atoms with van der Waals surface area (Å²) in [5, 5.41) is 8.51. The van der Waals surface area contributed by atoms with E-state index in [1.165, 1.54) is 6.20 Å². The highest BCUT2D eigenvalue weighted by Gasteiger charge is 2.09. The first-order valence-corrected chi connectivity index (χ1v) is 3.93. The van der Waals surface area contributed by atoms with E-state index >= 15 is 0 Å². The predicted molar refractivity (Wildman–Crippen MR) is 49.5 cm³/mol. The van der Waals surface area contributed by atoms with Crippen molar-refractivity contribution in [2.24, 2.45) is 0 Å². The lowest BCUT2D eigenvalue weighted by molar-refractivity contribution is 0.0691. The smallest absolute Gasteiger partial charge is 0.358 e. The van der Waals surface area contributed by atoms with E-state index in [2.05, 4.69) is 9.97 Å². The Balaban J connectivity index is 0.000000671. The Morgan fingerprint density at radius 2 is 2.08 bits per heavy atom. The van der Waals surface area contributed by atoms with Crippen LogP contribution in [-0.2, 0) is 0 Å². The van der Waals surface area contributed by atoms with Gasteiger partial charge in [0, 0.05) is 0 Å². The maximum atomic E-state index is 10.4. The number of rotatable bonds is 1. The zero-order valence-electron chi connectivity index (χ0n) is 7.90. The van der Waals surface area contributed by atoms with Gasteiger partial charge in [-0.15, -0.1) is 0 Å². The quantitative estimate of drug-likeness (QED) is 0.680. The van der Waals surface area contributed by atoms with Crippen LogP contribution >= 0.6 is 0 Å². The number of carboxylic acid groups (broad SMARTS) is 1. The van der Waals surface area contributed by atoms with Crippen molar-refractivity contribution >= 4 is 11.8 Å². The third-order valence-corrected chi connectivity index (χ3v) is 1.12. The van der Waals surface area contributed by atoms with Gasteiger partial charge in [-0.2, -0.15) is 0 Å². The number of nitrogens with two attached hydrogens (primary N) is 1. The average Bonchev–Trinajstić information content (AvgIpc) is 2.12. The highest BCUT2D eigenvalue weighted by molar-refractivity contribution is 5.90. The van der Waals surface area contributed by atoms with Crippen LogP contribution in [0.4, 0.5) is 5.82 Å². The molecule has 5 heteroatoms. The molecule has 0 radical (unpaired) electrons. The molecule has 5 nitrogen and oxygen atoms in total. The number of aromatic carboxylic acids is 1. The van der Waals surface area contributed by atoms with Gasteiger partial charge < -0.3 is 10.8 Å². The molecule has 1 aromatic rings. The van der Waals surface area contributed by atoms with Gasteiger partial charge in [0.2, 0.25) is 0 Å². The number of anilines is 1. The minimum Gasteiger partial charge on any atom is -0.476 e. The molecule has 72 valence electrons. The fourth-order valence-electron chi connectivity index (χ4n) is 0.644. The number of aromatic nitrogens is 2. The maximum absolute atomic E-state index is 10.4. The zero-order valence-corrected chi connectivity index (χ0v) is 7.90. The van der Waals surface area contributed by atoms with Crippen LogP contribution in [0.15, 0.2) is 6.20 Å². The van der Waals surface area contributed by atoms with E-state index in [0.717, 1.165) is 0 Å². The van der Waals surface area contributed by atoms with Gasteiger partial charge in [-0.3, -0.25) is 0 Å². The van der Waals surface area contributed by atoms with Crippen LogP contribution in [0.5, 0.6) is 0 Å². The number of aryl methyl sites for hydroxylation is 1. The van der Waals surface area contributed by atoms with Gasteiger partial charge in [0.1, 0.15) is 0 Å². The van der Waals surface area contributed by atoms with E-state index in [9.17, 15) is 4.79 Å². The lowest BCUT2D eigenvalue weighted by Gasteiger charge is -1.97. The lowest BCUT2D eigenvalue weighted by Crippen LogP contribution is -2.08. The summed E-state index contributed by atoms with van der Waals surface area (Å²) in [4.78, 5) is 17.7. The SMILES string of the molecule is CC.Cc1cnc(N)c(C(=O)O)n1. The molecule has 0 fully saturated rings. The van der Waals surface area contributed by atoms with Gasteiger partial charge in [0.25, 0.3) is 0 Å². The topological polar surface area (TPSA) is 89.1 Å². The highest BCUT2D eigenvalue weighted by atomic mass is 16.4. The van der Waals surface area contributed by atoms with Crippen LogP contribution in [0.3, 0.4) is 0 Å². The molecule has 1 heterocycles. The van der Waals surface area contributed by atoms with Gasteiger partial charge in [-0.1, -0.05) is 13.8 Å². The molecule has 0 saturated heterocycles. The van der Waals surface area contributed by atoms with Gasteiger partial charge in [0.05, 0.1) is 11.9 Å². The monoisotopic (exact) mass is 183 g/mol. The van der Waals surface area contributed by atoms with Crippen molar-refractivity contribution in [1.82, 2.24) is 9.97 Å². The summed E-state index contributed by atoms with van der Waals surface area (Å²) in [5.74, 6) is -1.21. The average molecular weight is 183 g/mol. The van der Waals surface area contributed by atoms with Crippen molar-refractivity contribution < 1.29 is 9.90 Å². The molecule has 0 aliphatic carbocycles. The summed E-state index contributed by atoms with van der Waals surface area (Å²) < 4.78 is 0. The molecule has 0 saturated carbocycles. The molecule has 0 aliphatic heterocycles. The Morgan fingerprint density at radius 3 is 2.46 bits per heavy atom. The lowest BCUT2D eigenvalue weighted by atomic mass is 10.4. The first-order chi connectivity index (χ1) is 6.11. The van der Waals surface area contributed by atoms with Crippen molar-refractivity contribution in [1.29, 1.82) is 0 Å². The molecule has 0 atom stereocenters. The summed E-state index contributed by atoms with van der Waals surface area (Å²) in [6.45, 7) is 5.65. The van der Waals surface area contributed by atoms with Crippen LogP contribution in [0, 0.1) is 6.92 Å². The Hall–Kier alpha value is -1.65. The van der Waals surface area contributed by atoms with E-state index < -0.39 is 5.97 Å². The van der Waals surface area contributed by atoms with E-state index in [1.54, 1.807) is 6.92 Å². The maximum Gasteiger partial charge on any atom is 0.358 e. The molecule has 3 N–H and O–H groups in total. The number of hydrogen-bond donors (Lipinski definition) is 2. The molecule has 13 heavy (non-hydrogen) atoms. The molecule has 1 aromatic heterocycles. The second-order valence-electron chi connectivity index (χ2n) is 2.05. The standard InChI is InChI=1S/C6H7N3O2.C2H6/c1-3-2-8-5(7)4(9-3)6(10)11;1-2/h2H,1H3,(H2,7,8)(H,10,11);1-2H3. The van der Waals surface area contributed by atoms with E-state index in [1.807, 2.05) is 13.8 Å². The number of nitrogens with zero attached hydrogens (tertiary/aromatic N) is 2. The van der Waals surface area contributed by atoms with E-state index in [4.69, 9.17) is 10.8 Å². The Labute approximate surface area is 76.6 Å². The van der Waals surface area contributed by atoms with Gasteiger partial charge in [-0.05, 0) is 6.92 Å². The van der Waals surface area contributed by atoms with E-state index in [-0.39, 0.29) is 11.5 Å². The molecule has 0 aliphatic rings. The molecule has 0 amide bonds. The van der Waals surface area contributed by atoms with Crippen molar-refractivity contribution in [2.75, 3.05) is 5.73 Å². The fraction of sp³-hybridized carbons (Fsp3) is 0.375. The predicted octanol–water partition coefficient (Wildman–Crippen LogP) is 1.09. The van der Waals surface area contributed by atoms with Gasteiger partial charge in [0.15, 0.2) is 11.5 Å². The van der Waals surface area contributed by atoms with Gasteiger partial charge in [-0.25, -0.2) is 14.8 Å². The zero-order chi connectivity index (χ0) is 10.4. The second-order valence-corrected chi connectivity index (χ2v) is 2.05. The van der Waals surface area contributed by atoms with Crippen molar-refractivity contribution in [3.05, 3.63) is 17.6 Å². The second kappa shape index (κ2) is 5.08. The first-order valence-electron chi connectivity index (χ1n) is 3.93. The highest BCUT2D eigenvalue weighted by Crippen LogP contribution is 2.04. The Bertz CT molecular complexity index is 299. The minimum atomic E-state index is -1.15. The summed E-state index contributed by atoms with van der Waals surface area (Å²) in [7, 11) is 0. The van der Waals surface area contributed by atoms with Crippen molar-refractivity contribution in [3.8, 4) is 0 Å². The first kappa shape index (κ1) is 11.4. The summed E-state index contributed by atoms with van der Waals surface area (Å²) in [6, 6.07) is 0. The van der Waals surface area contributed by atoms with Crippen LogP contribution in [0.25, 0.3) is 0 Å². The number of carboxylic acids is 1. The summed E-state index contributed by atoms with van der Waals surface area (Å²) >= 11 is 0. The summed E-state index contributed by atoms with van der Waals surface area (Å²) in [5.41, 5.74) is 5.58. The van der Waals surface area contributed by atoms with Gasteiger partial charge >= 0.3 is 5.97 Å². The fourth-order valence-corrected chi connectivity index (χ4v) is 0.644. The molecular formula is C8H13N3O2. The number of nitrogen functional groups attached to an aromatic ring is 1. The molecule has 0 bridgehead atoms. The molecule has 1 rings (SSSR count). The van der Waals surface area contributed by atoms with Crippen LogP contribution in [0.1, 0.15) is 30.0 Å². The molecule has 0 unspecified atom stereocenters. The van der Waals surface area contributed by atoms with E-state index in [0.29, 0.717) is 5.69 Å². The Morgan fingerprint density at radius 1 is 1.54 bits per heavy atom. The third kappa shape index (κ3) is 3.06. The number of carbonyl (C=O) groups is 1. The normalized spacial score (nSPS) is 8.54. The van der Waals surface area contributed by atoms with Crippen LogP contribution in [-0.4, -0.2) is 21.0 Å². The molecule has 0 aromatic carbocycles. The molecule has 0 spiro atoms. The van der Waals surface area contributed by atoms with Crippen molar-refractivity contribution in [2.45, 2.75) is 20.8 Å². The van der Waals surface area contributed by atoms with Crippen molar-refractivity contribution in [3.63, 3.8) is 0 Å². The molecular weight excluding hydrogens is 170 g/mol. The van der Waals surface area contributed by atoms with Crippen LogP contribution < -0.4 is 5.73 Å². The van der Waals surface area contributed by atoms with Crippen LogP contribution in [0.2, 0.25) is 0 Å². The minimum absolute atomic E-state index is 0.0527. The Kier molecular flexibility index (Phi) is 4.43. The summed E-state index contributed by atoms with van der Waals surface area (Å²) in [6.07, 6.45) is 1.42. The largest absolute Gasteiger partial charge is 0.476 e. The number of hydrogen-bond acceptors (Lipinski definition) is 4. The third-order valence-electron chi connectivity index (χ3n) is 1.12.